The van der Waals surface area contributed by atoms with Gasteiger partial charge in [0.25, 0.3) is 0 Å². The number of rotatable bonds is 3. The summed E-state index contributed by atoms with van der Waals surface area (Å²) in [6.45, 7) is 3.45. The second-order valence-corrected chi connectivity index (χ2v) is 6.63. The third kappa shape index (κ3) is 2.38. The van der Waals surface area contributed by atoms with E-state index in [9.17, 15) is 8.42 Å². The summed E-state index contributed by atoms with van der Waals surface area (Å²) in [4.78, 5) is 0.0649. The molecule has 0 aromatic carbocycles. The summed E-state index contributed by atoms with van der Waals surface area (Å²) in [6, 6.07) is -0.632. The van der Waals surface area contributed by atoms with Crippen LogP contribution in [0.25, 0.3) is 0 Å². The van der Waals surface area contributed by atoms with Gasteiger partial charge in [-0.15, -0.1) is 0 Å². The summed E-state index contributed by atoms with van der Waals surface area (Å²) in [5.41, 5.74) is 5.93. The van der Waals surface area contributed by atoms with Gasteiger partial charge in [-0.2, -0.15) is 4.31 Å². The summed E-state index contributed by atoms with van der Waals surface area (Å²) in [7, 11) is -3.78. The molecular formula is C11H18N4O4S. The third-order valence-electron chi connectivity index (χ3n) is 3.45. The van der Waals surface area contributed by atoms with Gasteiger partial charge in [0, 0.05) is 6.54 Å². The maximum atomic E-state index is 12.8. The smallest absolute Gasteiger partial charge is 0.249 e. The first-order valence-corrected chi connectivity index (χ1v) is 7.75. The summed E-state index contributed by atoms with van der Waals surface area (Å²) in [6.07, 6.45) is 2.09. The van der Waals surface area contributed by atoms with Gasteiger partial charge < -0.3 is 15.5 Å². The highest BCUT2D eigenvalue weighted by atomic mass is 32.2. The lowest BCUT2D eigenvalue weighted by Gasteiger charge is -2.33. The zero-order valence-corrected chi connectivity index (χ0v) is 12.2. The molecule has 0 spiro atoms. The fourth-order valence-corrected chi connectivity index (χ4v) is 4.48. The van der Waals surface area contributed by atoms with Crippen molar-refractivity contribution >= 4 is 15.9 Å². The van der Waals surface area contributed by atoms with Crippen LogP contribution in [-0.2, 0) is 10.0 Å². The van der Waals surface area contributed by atoms with Crippen LogP contribution in [0.5, 0.6) is 0 Å². The van der Waals surface area contributed by atoms with Gasteiger partial charge in [-0.25, -0.2) is 8.42 Å². The van der Waals surface area contributed by atoms with Crippen LogP contribution in [0, 0.1) is 13.8 Å². The van der Waals surface area contributed by atoms with Crippen LogP contribution in [0.3, 0.4) is 0 Å². The number of hydrogen-bond acceptors (Lipinski definition) is 6. The Kier molecular flexibility index (Phi) is 4.00. The lowest BCUT2D eigenvalue weighted by atomic mass is 10.0. The molecule has 1 atom stereocenters. The molecule has 1 aromatic heterocycles. The van der Waals surface area contributed by atoms with Crippen molar-refractivity contribution in [1.29, 1.82) is 0 Å². The van der Waals surface area contributed by atoms with E-state index >= 15 is 0 Å². The molecule has 9 heteroatoms. The van der Waals surface area contributed by atoms with Crippen molar-refractivity contribution < 1.29 is 18.1 Å². The maximum Gasteiger partial charge on any atom is 0.249 e. The van der Waals surface area contributed by atoms with Gasteiger partial charge in [0.05, 0.1) is 6.04 Å². The molecule has 8 nitrogen and oxygen atoms in total. The van der Waals surface area contributed by atoms with Crippen LogP contribution in [-0.4, -0.2) is 41.5 Å². The first kappa shape index (κ1) is 14.8. The minimum Gasteiger partial charge on any atom is -0.409 e. The highest BCUT2D eigenvalue weighted by Gasteiger charge is 2.38. The van der Waals surface area contributed by atoms with Gasteiger partial charge in [0.1, 0.15) is 10.6 Å². The van der Waals surface area contributed by atoms with Crippen LogP contribution >= 0.6 is 0 Å². The van der Waals surface area contributed by atoms with Gasteiger partial charge in [-0.1, -0.05) is 16.7 Å². The van der Waals surface area contributed by atoms with E-state index in [1.54, 1.807) is 13.8 Å². The predicted octanol–water partition coefficient (Wildman–Crippen LogP) is 0.581. The van der Waals surface area contributed by atoms with Gasteiger partial charge in [0.15, 0.2) is 11.6 Å². The Labute approximate surface area is 117 Å². The second kappa shape index (κ2) is 5.41. The minimum absolute atomic E-state index is 0.0649. The van der Waals surface area contributed by atoms with Crippen LogP contribution < -0.4 is 5.73 Å². The lowest BCUT2D eigenvalue weighted by Crippen LogP contribution is -2.50. The number of aromatic nitrogens is 1. The molecule has 1 aliphatic heterocycles. The third-order valence-corrected chi connectivity index (χ3v) is 5.60. The molecule has 1 aliphatic rings. The lowest BCUT2D eigenvalue weighted by molar-refractivity contribution is 0.280. The predicted molar refractivity (Wildman–Crippen MR) is 70.9 cm³/mol. The quantitative estimate of drug-likeness (QED) is 0.364. The molecule has 0 bridgehead atoms. The molecule has 0 radical (unpaired) electrons. The van der Waals surface area contributed by atoms with Gasteiger partial charge >= 0.3 is 0 Å². The van der Waals surface area contributed by atoms with Crippen molar-refractivity contribution in [3.63, 3.8) is 0 Å². The summed E-state index contributed by atoms with van der Waals surface area (Å²) < 4.78 is 31.7. The Morgan fingerprint density at radius 1 is 1.50 bits per heavy atom. The topological polar surface area (TPSA) is 122 Å². The van der Waals surface area contributed by atoms with Crippen LogP contribution in [0.1, 0.15) is 30.7 Å². The Hall–Kier alpha value is -1.61. The Bertz CT molecular complexity index is 603. The number of aryl methyl sites for hydroxylation is 2. The minimum atomic E-state index is -3.78. The highest BCUT2D eigenvalue weighted by molar-refractivity contribution is 7.89. The van der Waals surface area contributed by atoms with Crippen molar-refractivity contribution in [3.05, 3.63) is 11.5 Å². The molecular weight excluding hydrogens is 284 g/mol. The number of piperidine rings is 1. The van der Waals surface area contributed by atoms with Gasteiger partial charge in [-0.05, 0) is 26.7 Å². The molecule has 1 unspecified atom stereocenters. The van der Waals surface area contributed by atoms with Crippen molar-refractivity contribution in [2.75, 3.05) is 6.54 Å². The van der Waals surface area contributed by atoms with E-state index in [0.717, 1.165) is 12.8 Å². The standard InChI is InChI=1S/C11H18N4O4S/c1-7-10(8(2)19-14-7)20(17,18)15-6-4-3-5-9(15)11(12)13-16/h9,16H,3-6H2,1-2H3,(H2,12,13). The van der Waals surface area contributed by atoms with Crippen LogP contribution in [0.15, 0.2) is 14.6 Å². The SMILES string of the molecule is Cc1noc(C)c1S(=O)(=O)N1CCCCC1C(N)=NO. The molecule has 1 fully saturated rings. The molecule has 0 amide bonds. The van der Waals surface area contributed by atoms with E-state index in [4.69, 9.17) is 15.5 Å². The fraction of sp³-hybridized carbons (Fsp3) is 0.636. The Balaban J connectivity index is 2.46. The maximum absolute atomic E-state index is 12.8. The molecule has 20 heavy (non-hydrogen) atoms. The molecule has 0 saturated carbocycles. The largest absolute Gasteiger partial charge is 0.409 e. The van der Waals surface area contributed by atoms with E-state index in [2.05, 4.69) is 10.3 Å². The summed E-state index contributed by atoms with van der Waals surface area (Å²) >= 11 is 0. The molecule has 2 heterocycles. The molecule has 1 aromatic rings. The highest BCUT2D eigenvalue weighted by Crippen LogP contribution is 2.29. The molecule has 0 aliphatic carbocycles. The van der Waals surface area contributed by atoms with Crippen LogP contribution in [0.2, 0.25) is 0 Å². The van der Waals surface area contributed by atoms with E-state index in [1.165, 1.54) is 4.31 Å². The number of hydrogen-bond donors (Lipinski definition) is 2. The van der Waals surface area contributed by atoms with Crippen molar-refractivity contribution in [1.82, 2.24) is 9.46 Å². The van der Waals surface area contributed by atoms with Gasteiger partial charge in [-0.3, -0.25) is 0 Å². The normalized spacial score (nSPS) is 22.1. The number of sulfonamides is 1. The van der Waals surface area contributed by atoms with E-state index in [0.29, 0.717) is 18.7 Å². The molecule has 112 valence electrons. The van der Waals surface area contributed by atoms with Crippen LogP contribution in [0.4, 0.5) is 0 Å². The van der Waals surface area contributed by atoms with E-state index in [-0.39, 0.29) is 16.5 Å². The van der Waals surface area contributed by atoms with Crippen molar-refractivity contribution in [3.8, 4) is 0 Å². The monoisotopic (exact) mass is 302 g/mol. The van der Waals surface area contributed by atoms with Crippen molar-refractivity contribution in [2.24, 2.45) is 10.9 Å². The molecule has 3 N–H and O–H groups in total. The first-order valence-electron chi connectivity index (χ1n) is 6.31. The summed E-state index contributed by atoms with van der Waals surface area (Å²) in [5, 5.41) is 15.4. The molecule has 1 saturated heterocycles. The summed E-state index contributed by atoms with van der Waals surface area (Å²) in [5.74, 6) is 0.145. The average molecular weight is 302 g/mol. The number of nitrogens with zero attached hydrogens (tertiary/aromatic N) is 3. The Morgan fingerprint density at radius 2 is 2.20 bits per heavy atom. The van der Waals surface area contributed by atoms with Crippen molar-refractivity contribution in [2.45, 2.75) is 44.0 Å². The first-order chi connectivity index (χ1) is 9.39. The fourth-order valence-electron chi connectivity index (χ4n) is 2.52. The average Bonchev–Trinajstić information content (AvgIpc) is 2.77. The number of amidine groups is 1. The van der Waals surface area contributed by atoms with Gasteiger partial charge in [0.2, 0.25) is 10.0 Å². The number of nitrogens with two attached hydrogens (primary N) is 1. The zero-order chi connectivity index (χ0) is 14.9. The Morgan fingerprint density at radius 3 is 2.75 bits per heavy atom. The second-order valence-electron chi connectivity index (χ2n) is 4.81. The van der Waals surface area contributed by atoms with E-state index in [1.807, 2.05) is 0 Å². The zero-order valence-electron chi connectivity index (χ0n) is 11.4. The molecule has 2 rings (SSSR count). The van der Waals surface area contributed by atoms with E-state index < -0.39 is 16.1 Å². The number of oxime groups is 1.